The summed E-state index contributed by atoms with van der Waals surface area (Å²) in [6, 6.07) is 23.7. The molecule has 0 radical (unpaired) electrons. The Bertz CT molecular complexity index is 1650. The van der Waals surface area contributed by atoms with Gasteiger partial charge in [0.15, 0.2) is 11.6 Å². The minimum atomic E-state index is -1.16. The van der Waals surface area contributed by atoms with Gasteiger partial charge in [-0.25, -0.2) is 8.78 Å². The van der Waals surface area contributed by atoms with E-state index in [-0.39, 0.29) is 17.0 Å². The van der Waals surface area contributed by atoms with Gasteiger partial charge < -0.3 is 14.7 Å². The third-order valence-electron chi connectivity index (χ3n) is 7.04. The van der Waals surface area contributed by atoms with E-state index in [1.165, 1.54) is 6.07 Å². The highest BCUT2D eigenvalue weighted by Gasteiger charge is 2.47. The van der Waals surface area contributed by atoms with Crippen LogP contribution >= 0.6 is 0 Å². The quantitative estimate of drug-likeness (QED) is 0.160. The number of aliphatic hydroxyl groups excluding tert-OH is 1. The molecule has 6 nitrogen and oxygen atoms in total. The summed E-state index contributed by atoms with van der Waals surface area (Å²) >= 11 is 0. The number of ether oxygens (including phenoxy) is 1. The summed E-state index contributed by atoms with van der Waals surface area (Å²) in [6.07, 6.45) is 0. The van der Waals surface area contributed by atoms with Crippen molar-refractivity contribution in [2.24, 2.45) is 0 Å². The molecule has 1 unspecified atom stereocenters. The Labute approximate surface area is 236 Å². The largest absolute Gasteiger partial charge is 0.507 e. The number of hydrogen-bond donors (Lipinski definition) is 1. The minimum Gasteiger partial charge on any atom is -0.507 e. The molecule has 1 fully saturated rings. The fraction of sp³-hybridized carbons (Fsp3) is 0.152. The van der Waals surface area contributed by atoms with Crippen LogP contribution in [0, 0.1) is 18.6 Å². The van der Waals surface area contributed by atoms with Gasteiger partial charge in [0.25, 0.3) is 11.7 Å². The van der Waals surface area contributed by atoms with E-state index in [0.29, 0.717) is 29.0 Å². The van der Waals surface area contributed by atoms with Gasteiger partial charge >= 0.3 is 0 Å². The third kappa shape index (κ3) is 5.41. The van der Waals surface area contributed by atoms with Gasteiger partial charge in [0, 0.05) is 37.1 Å². The summed E-state index contributed by atoms with van der Waals surface area (Å²) < 4.78 is 33.9. The van der Waals surface area contributed by atoms with Crippen molar-refractivity contribution in [1.82, 2.24) is 0 Å². The normalized spacial score (nSPS) is 16.2. The van der Waals surface area contributed by atoms with Crippen LogP contribution in [0.5, 0.6) is 5.75 Å². The average Bonchev–Trinajstić information content (AvgIpc) is 3.24. The van der Waals surface area contributed by atoms with Gasteiger partial charge in [-0.15, -0.1) is 0 Å². The molecule has 1 heterocycles. The smallest absolute Gasteiger partial charge is 0.300 e. The summed E-state index contributed by atoms with van der Waals surface area (Å²) in [5.41, 5.74) is 3.25. The molecule has 208 valence electrons. The molecular formula is C33H28F2N2O4. The lowest BCUT2D eigenvalue weighted by molar-refractivity contribution is -0.132. The van der Waals surface area contributed by atoms with Crippen molar-refractivity contribution in [2.75, 3.05) is 23.9 Å². The Balaban J connectivity index is 1.57. The molecule has 0 spiro atoms. The Kier molecular flexibility index (Phi) is 7.57. The number of anilines is 2. The summed E-state index contributed by atoms with van der Waals surface area (Å²) in [6.45, 7) is 2.17. The first-order chi connectivity index (χ1) is 19.7. The number of ketones is 1. The average molecular weight is 555 g/mol. The van der Waals surface area contributed by atoms with Crippen LogP contribution in [0.15, 0.2) is 96.6 Å². The van der Waals surface area contributed by atoms with Crippen molar-refractivity contribution < 1.29 is 28.2 Å². The van der Waals surface area contributed by atoms with Crippen LogP contribution in [0.25, 0.3) is 5.76 Å². The van der Waals surface area contributed by atoms with Gasteiger partial charge in [0.05, 0.1) is 11.6 Å². The molecule has 8 heteroatoms. The van der Waals surface area contributed by atoms with Crippen LogP contribution in [-0.4, -0.2) is 30.9 Å². The van der Waals surface area contributed by atoms with Crippen LogP contribution in [0.2, 0.25) is 0 Å². The van der Waals surface area contributed by atoms with Gasteiger partial charge in [-0.1, -0.05) is 42.5 Å². The summed E-state index contributed by atoms with van der Waals surface area (Å²) in [7, 11) is 3.75. The van der Waals surface area contributed by atoms with Crippen molar-refractivity contribution in [3.63, 3.8) is 0 Å². The molecule has 1 N–H and O–H groups in total. The second-order valence-electron chi connectivity index (χ2n) is 10.0. The highest BCUT2D eigenvalue weighted by molar-refractivity contribution is 6.51. The first kappa shape index (κ1) is 27.6. The van der Waals surface area contributed by atoms with E-state index in [2.05, 4.69) is 0 Å². The number of aliphatic hydroxyl groups is 1. The topological polar surface area (TPSA) is 70.1 Å². The number of aryl methyl sites for hydroxylation is 1. The zero-order valence-corrected chi connectivity index (χ0v) is 22.8. The second kappa shape index (κ2) is 11.3. The number of carbonyl (C=O) groups excluding carboxylic acids is 2. The van der Waals surface area contributed by atoms with Gasteiger partial charge in [-0.05, 0) is 66.1 Å². The highest BCUT2D eigenvalue weighted by Crippen LogP contribution is 2.43. The highest BCUT2D eigenvalue weighted by atomic mass is 19.2. The van der Waals surface area contributed by atoms with E-state index in [0.717, 1.165) is 28.3 Å². The third-order valence-corrected chi connectivity index (χ3v) is 7.04. The molecule has 0 aliphatic carbocycles. The van der Waals surface area contributed by atoms with Gasteiger partial charge in [-0.2, -0.15) is 0 Å². The number of hydrogen-bond acceptors (Lipinski definition) is 5. The maximum Gasteiger partial charge on any atom is 0.300 e. The standard InChI is InChI=1S/C33H28F2N2O4/c1-20-17-23(11-16-28(20)41-19-21-7-5-4-6-8-21)31(38)29-30(22-9-12-24(13-10-22)36(2)3)37(33(40)32(29)39)25-14-15-26(34)27(35)18-25/h4-18,30,38H,19H2,1-3H3/b31-29+. The number of benzene rings is 4. The number of halogens is 2. The fourth-order valence-electron chi connectivity index (χ4n) is 4.85. The predicted molar refractivity (Wildman–Crippen MR) is 154 cm³/mol. The van der Waals surface area contributed by atoms with Crippen LogP contribution in [-0.2, 0) is 16.2 Å². The Hall–Kier alpha value is -4.98. The second-order valence-corrected chi connectivity index (χ2v) is 10.0. The van der Waals surface area contributed by atoms with E-state index in [1.54, 1.807) is 30.3 Å². The summed E-state index contributed by atoms with van der Waals surface area (Å²) in [4.78, 5) is 29.7. The molecule has 1 aliphatic heterocycles. The molecule has 41 heavy (non-hydrogen) atoms. The monoisotopic (exact) mass is 554 g/mol. The minimum absolute atomic E-state index is 0.00687. The van der Waals surface area contributed by atoms with Crippen molar-refractivity contribution in [1.29, 1.82) is 0 Å². The lowest BCUT2D eigenvalue weighted by Gasteiger charge is -2.26. The molecule has 1 aliphatic rings. The van der Waals surface area contributed by atoms with E-state index < -0.39 is 29.4 Å². The molecule has 4 aromatic rings. The maximum atomic E-state index is 14.2. The van der Waals surface area contributed by atoms with Crippen molar-refractivity contribution >= 4 is 28.8 Å². The van der Waals surface area contributed by atoms with Crippen molar-refractivity contribution in [3.8, 4) is 5.75 Å². The maximum absolute atomic E-state index is 14.2. The zero-order valence-electron chi connectivity index (χ0n) is 22.8. The lowest BCUT2D eigenvalue weighted by atomic mass is 9.94. The molecule has 1 amide bonds. The lowest BCUT2D eigenvalue weighted by Crippen LogP contribution is -2.29. The fourth-order valence-corrected chi connectivity index (χ4v) is 4.85. The number of nitrogens with zero attached hydrogens (tertiary/aromatic N) is 2. The van der Waals surface area contributed by atoms with Crippen LogP contribution in [0.4, 0.5) is 20.2 Å². The van der Waals surface area contributed by atoms with Gasteiger partial charge in [0.2, 0.25) is 0 Å². The van der Waals surface area contributed by atoms with Crippen molar-refractivity contribution in [3.05, 3.63) is 130 Å². The number of Topliss-reactive ketones (excluding diaryl/α,β-unsaturated/α-hetero) is 1. The van der Waals surface area contributed by atoms with E-state index in [4.69, 9.17) is 4.74 Å². The molecule has 4 aromatic carbocycles. The Morgan fingerprint density at radius 2 is 1.61 bits per heavy atom. The zero-order chi connectivity index (χ0) is 29.3. The number of carbonyl (C=O) groups is 2. The first-order valence-corrected chi connectivity index (χ1v) is 13.0. The van der Waals surface area contributed by atoms with Gasteiger partial charge in [0.1, 0.15) is 18.1 Å². The van der Waals surface area contributed by atoms with Gasteiger partial charge in [-0.3, -0.25) is 14.5 Å². The molecular weight excluding hydrogens is 526 g/mol. The predicted octanol–water partition coefficient (Wildman–Crippen LogP) is 6.54. The molecule has 0 aromatic heterocycles. The molecule has 5 rings (SSSR count). The first-order valence-electron chi connectivity index (χ1n) is 13.0. The Morgan fingerprint density at radius 1 is 0.902 bits per heavy atom. The summed E-state index contributed by atoms with van der Waals surface area (Å²) in [5.74, 6) is -3.92. The Morgan fingerprint density at radius 3 is 2.24 bits per heavy atom. The van der Waals surface area contributed by atoms with E-state index >= 15 is 0 Å². The van der Waals surface area contributed by atoms with Crippen LogP contribution in [0.3, 0.4) is 0 Å². The number of rotatable bonds is 7. The SMILES string of the molecule is Cc1cc(/C(O)=C2\C(=O)C(=O)N(c3ccc(F)c(F)c3)C2c2ccc(N(C)C)cc2)ccc1OCc1ccccc1. The molecule has 0 bridgehead atoms. The van der Waals surface area contributed by atoms with Crippen LogP contribution < -0.4 is 14.5 Å². The number of amides is 1. The van der Waals surface area contributed by atoms with E-state index in [9.17, 15) is 23.5 Å². The summed E-state index contributed by atoms with van der Waals surface area (Å²) in [5, 5.41) is 11.5. The van der Waals surface area contributed by atoms with Crippen LogP contribution in [0.1, 0.15) is 28.3 Å². The van der Waals surface area contributed by atoms with Crippen molar-refractivity contribution in [2.45, 2.75) is 19.6 Å². The van der Waals surface area contributed by atoms with E-state index in [1.807, 2.05) is 68.4 Å². The molecule has 1 atom stereocenters. The molecule has 0 saturated carbocycles. The molecule has 1 saturated heterocycles.